The molecular weight excluding hydrogens is 200 g/mol. The van der Waals surface area contributed by atoms with Crippen LogP contribution in [0.2, 0.25) is 0 Å². The molecule has 0 fully saturated rings. The SMILES string of the molecule is CC(C)CC(O)(CC(C)C)c1cnn(C)c1. The van der Waals surface area contributed by atoms with Crippen molar-refractivity contribution in [2.45, 2.75) is 46.1 Å². The topological polar surface area (TPSA) is 38.1 Å². The molecule has 1 aromatic heterocycles. The van der Waals surface area contributed by atoms with Crippen LogP contribution in [0.1, 0.15) is 46.1 Å². The van der Waals surface area contributed by atoms with E-state index in [1.807, 2.05) is 13.2 Å². The third kappa shape index (κ3) is 3.34. The van der Waals surface area contributed by atoms with Gasteiger partial charge in [-0.25, -0.2) is 0 Å². The van der Waals surface area contributed by atoms with Crippen molar-refractivity contribution in [1.82, 2.24) is 9.78 Å². The van der Waals surface area contributed by atoms with E-state index in [-0.39, 0.29) is 0 Å². The molecule has 3 heteroatoms. The molecule has 0 saturated heterocycles. The highest BCUT2D eigenvalue weighted by atomic mass is 16.3. The highest BCUT2D eigenvalue weighted by molar-refractivity contribution is 5.15. The van der Waals surface area contributed by atoms with Gasteiger partial charge in [0.25, 0.3) is 0 Å². The largest absolute Gasteiger partial charge is 0.385 e. The van der Waals surface area contributed by atoms with Crippen LogP contribution < -0.4 is 0 Å². The van der Waals surface area contributed by atoms with Crippen LogP contribution in [0, 0.1) is 11.8 Å². The monoisotopic (exact) mass is 224 g/mol. The van der Waals surface area contributed by atoms with E-state index in [0.29, 0.717) is 11.8 Å². The summed E-state index contributed by atoms with van der Waals surface area (Å²) >= 11 is 0. The molecule has 0 aromatic carbocycles. The van der Waals surface area contributed by atoms with Crippen molar-refractivity contribution in [1.29, 1.82) is 0 Å². The van der Waals surface area contributed by atoms with E-state index < -0.39 is 5.60 Å². The van der Waals surface area contributed by atoms with Gasteiger partial charge in [-0.2, -0.15) is 5.10 Å². The summed E-state index contributed by atoms with van der Waals surface area (Å²) in [5, 5.41) is 14.9. The third-order valence-corrected chi connectivity index (χ3v) is 2.73. The molecule has 1 aromatic rings. The Morgan fingerprint density at radius 1 is 1.25 bits per heavy atom. The highest BCUT2D eigenvalue weighted by Crippen LogP contribution is 2.34. The smallest absolute Gasteiger partial charge is 0.0931 e. The minimum absolute atomic E-state index is 0.476. The summed E-state index contributed by atoms with van der Waals surface area (Å²) in [6.07, 6.45) is 5.28. The lowest BCUT2D eigenvalue weighted by Crippen LogP contribution is -2.29. The summed E-state index contributed by atoms with van der Waals surface area (Å²) < 4.78 is 1.75. The Morgan fingerprint density at radius 3 is 2.06 bits per heavy atom. The molecule has 1 rings (SSSR count). The predicted octanol–water partition coefficient (Wildman–Crippen LogP) is 2.70. The van der Waals surface area contributed by atoms with Crippen molar-refractivity contribution in [3.05, 3.63) is 18.0 Å². The lowest BCUT2D eigenvalue weighted by atomic mass is 9.81. The lowest BCUT2D eigenvalue weighted by Gasteiger charge is -2.30. The van der Waals surface area contributed by atoms with Crippen LogP contribution in [0.5, 0.6) is 0 Å². The standard InChI is InChI=1S/C13H24N2O/c1-10(2)6-13(16,7-11(3)4)12-8-14-15(5)9-12/h8-11,16H,6-7H2,1-5H3. The summed E-state index contributed by atoms with van der Waals surface area (Å²) in [6, 6.07) is 0. The molecule has 0 amide bonds. The quantitative estimate of drug-likeness (QED) is 0.835. The molecule has 0 spiro atoms. The zero-order chi connectivity index (χ0) is 12.3. The van der Waals surface area contributed by atoms with E-state index in [9.17, 15) is 5.11 Å². The van der Waals surface area contributed by atoms with Crippen LogP contribution in [-0.4, -0.2) is 14.9 Å². The van der Waals surface area contributed by atoms with E-state index >= 15 is 0 Å². The lowest BCUT2D eigenvalue weighted by molar-refractivity contribution is -0.00455. The Morgan fingerprint density at radius 2 is 1.75 bits per heavy atom. The van der Waals surface area contributed by atoms with Gasteiger partial charge in [0.15, 0.2) is 0 Å². The Labute approximate surface area is 98.5 Å². The fraction of sp³-hybridized carbons (Fsp3) is 0.769. The molecule has 0 bridgehead atoms. The zero-order valence-electron chi connectivity index (χ0n) is 11.1. The average molecular weight is 224 g/mol. The van der Waals surface area contributed by atoms with Crippen molar-refractivity contribution < 1.29 is 5.11 Å². The van der Waals surface area contributed by atoms with Gasteiger partial charge in [-0.15, -0.1) is 0 Å². The van der Waals surface area contributed by atoms with E-state index in [4.69, 9.17) is 0 Å². The predicted molar refractivity (Wildman–Crippen MR) is 66.0 cm³/mol. The van der Waals surface area contributed by atoms with E-state index in [1.165, 1.54) is 0 Å². The Kier molecular flexibility index (Phi) is 4.14. The van der Waals surface area contributed by atoms with Crippen molar-refractivity contribution in [3.63, 3.8) is 0 Å². The minimum atomic E-state index is -0.726. The fourth-order valence-corrected chi connectivity index (χ4v) is 2.33. The molecule has 0 unspecified atom stereocenters. The van der Waals surface area contributed by atoms with Gasteiger partial charge in [-0.3, -0.25) is 4.68 Å². The number of hydrogen-bond donors (Lipinski definition) is 1. The average Bonchev–Trinajstić information content (AvgIpc) is 2.48. The molecule has 1 N–H and O–H groups in total. The van der Waals surface area contributed by atoms with Gasteiger partial charge in [-0.05, 0) is 24.7 Å². The van der Waals surface area contributed by atoms with Gasteiger partial charge in [0.05, 0.1) is 11.8 Å². The Hall–Kier alpha value is -0.830. The van der Waals surface area contributed by atoms with Crippen molar-refractivity contribution in [2.24, 2.45) is 18.9 Å². The minimum Gasteiger partial charge on any atom is -0.385 e. The summed E-state index contributed by atoms with van der Waals surface area (Å²) in [5.74, 6) is 0.952. The maximum atomic E-state index is 10.8. The zero-order valence-corrected chi connectivity index (χ0v) is 11.1. The van der Waals surface area contributed by atoms with Crippen LogP contribution >= 0.6 is 0 Å². The fourth-order valence-electron chi connectivity index (χ4n) is 2.33. The van der Waals surface area contributed by atoms with E-state index in [0.717, 1.165) is 18.4 Å². The molecule has 0 saturated carbocycles. The second kappa shape index (κ2) is 5.00. The molecule has 0 radical (unpaired) electrons. The number of nitrogens with zero attached hydrogens (tertiary/aromatic N) is 2. The molecule has 1 heterocycles. The molecule has 0 aliphatic rings. The van der Waals surface area contributed by atoms with Crippen LogP contribution in [0.25, 0.3) is 0 Å². The molecule has 0 aliphatic carbocycles. The Balaban J connectivity index is 2.94. The first-order valence-corrected chi connectivity index (χ1v) is 6.05. The first-order chi connectivity index (χ1) is 7.33. The molecule has 3 nitrogen and oxygen atoms in total. The summed E-state index contributed by atoms with van der Waals surface area (Å²) in [4.78, 5) is 0. The van der Waals surface area contributed by atoms with Gasteiger partial charge in [0.2, 0.25) is 0 Å². The number of hydrogen-bond acceptors (Lipinski definition) is 2. The second-order valence-corrected chi connectivity index (χ2v) is 5.63. The van der Waals surface area contributed by atoms with E-state index in [2.05, 4.69) is 32.8 Å². The molecule has 0 aliphatic heterocycles. The van der Waals surface area contributed by atoms with Crippen molar-refractivity contribution >= 4 is 0 Å². The van der Waals surface area contributed by atoms with Crippen LogP contribution in [0.15, 0.2) is 12.4 Å². The first-order valence-electron chi connectivity index (χ1n) is 6.05. The van der Waals surface area contributed by atoms with Crippen LogP contribution in [0.3, 0.4) is 0 Å². The summed E-state index contributed by atoms with van der Waals surface area (Å²) in [6.45, 7) is 8.56. The number of aryl methyl sites for hydroxylation is 1. The maximum absolute atomic E-state index is 10.8. The van der Waals surface area contributed by atoms with Crippen LogP contribution in [-0.2, 0) is 12.6 Å². The van der Waals surface area contributed by atoms with Gasteiger partial charge in [0.1, 0.15) is 0 Å². The van der Waals surface area contributed by atoms with Gasteiger partial charge in [-0.1, -0.05) is 27.7 Å². The maximum Gasteiger partial charge on any atom is 0.0931 e. The van der Waals surface area contributed by atoms with Crippen molar-refractivity contribution in [2.75, 3.05) is 0 Å². The van der Waals surface area contributed by atoms with E-state index in [1.54, 1.807) is 10.9 Å². The van der Waals surface area contributed by atoms with Crippen molar-refractivity contribution in [3.8, 4) is 0 Å². The molecule has 92 valence electrons. The van der Waals surface area contributed by atoms with Gasteiger partial charge in [0, 0.05) is 18.8 Å². The number of rotatable bonds is 5. The molecule has 16 heavy (non-hydrogen) atoms. The number of aromatic nitrogens is 2. The van der Waals surface area contributed by atoms with Gasteiger partial charge >= 0.3 is 0 Å². The second-order valence-electron chi connectivity index (χ2n) is 5.63. The third-order valence-electron chi connectivity index (χ3n) is 2.73. The van der Waals surface area contributed by atoms with Crippen LogP contribution in [0.4, 0.5) is 0 Å². The molecule has 0 atom stereocenters. The van der Waals surface area contributed by atoms with Gasteiger partial charge < -0.3 is 5.11 Å². The number of aliphatic hydroxyl groups is 1. The molecular formula is C13H24N2O. The highest BCUT2D eigenvalue weighted by Gasteiger charge is 2.32. The first kappa shape index (κ1) is 13.2. The normalized spacial score (nSPS) is 12.8. The Bertz CT molecular complexity index is 318. The summed E-state index contributed by atoms with van der Waals surface area (Å²) in [5.41, 5.74) is 0.216. The summed E-state index contributed by atoms with van der Waals surface area (Å²) in [7, 11) is 1.88.